The number of phenolic OH excluding ortho intramolecular Hbond substituents is 1. The molecular weight excluding hydrogens is 406 g/mol. The van der Waals surface area contributed by atoms with Gasteiger partial charge in [0, 0.05) is 25.4 Å². The van der Waals surface area contributed by atoms with Gasteiger partial charge in [-0.3, -0.25) is 5.73 Å². The lowest BCUT2D eigenvalue weighted by Gasteiger charge is -2.20. The molecule has 0 fully saturated rings. The van der Waals surface area contributed by atoms with Gasteiger partial charge in [-0.25, -0.2) is 9.98 Å². The second kappa shape index (κ2) is 8.73. The van der Waals surface area contributed by atoms with Crippen LogP contribution < -0.4 is 16.5 Å². The number of nitrogens with zero attached hydrogens (tertiary/aromatic N) is 2. The molecule has 2 aromatic rings. The van der Waals surface area contributed by atoms with E-state index < -0.39 is 0 Å². The zero-order valence-electron chi connectivity index (χ0n) is 15.8. The van der Waals surface area contributed by atoms with Gasteiger partial charge in [-0.1, -0.05) is 31.7 Å². The highest BCUT2D eigenvalue weighted by Gasteiger charge is 2.17. The number of phenols is 1. The predicted octanol–water partition coefficient (Wildman–Crippen LogP) is 2.01. The van der Waals surface area contributed by atoms with E-state index in [-0.39, 0.29) is 17.4 Å². The molecule has 0 saturated heterocycles. The van der Waals surface area contributed by atoms with Crippen LogP contribution in [0.15, 0.2) is 52.4 Å². The van der Waals surface area contributed by atoms with Crippen molar-refractivity contribution in [3.05, 3.63) is 58.6 Å². The van der Waals surface area contributed by atoms with Gasteiger partial charge in [0.2, 0.25) is 5.84 Å². The maximum atomic E-state index is 10.8. The van der Waals surface area contributed by atoms with E-state index in [0.717, 1.165) is 22.1 Å². The smallest absolute Gasteiger partial charge is 0.313 e. The molecule has 0 aromatic heterocycles. The lowest BCUT2D eigenvalue weighted by atomic mass is 10.00. The van der Waals surface area contributed by atoms with E-state index in [1.165, 1.54) is 0 Å². The van der Waals surface area contributed by atoms with Crippen LogP contribution in [0.2, 0.25) is 0 Å². The van der Waals surface area contributed by atoms with Crippen LogP contribution >= 0.6 is 15.9 Å². The summed E-state index contributed by atoms with van der Waals surface area (Å²) in [6.07, 6.45) is 0.757. The highest BCUT2D eigenvalue weighted by molar-refractivity contribution is 9.10. The Balaban J connectivity index is 2.47. The van der Waals surface area contributed by atoms with E-state index in [0.29, 0.717) is 16.9 Å². The zero-order valence-corrected chi connectivity index (χ0v) is 17.3. The highest BCUT2D eigenvalue weighted by Crippen LogP contribution is 2.37. The molecule has 0 bridgehead atoms. The molecule has 0 spiro atoms. The number of hydrogen-bond acceptors (Lipinski definition) is 3. The van der Waals surface area contributed by atoms with Crippen molar-refractivity contribution in [1.29, 1.82) is 0 Å². The number of benzene rings is 2. The van der Waals surface area contributed by atoms with E-state index in [2.05, 4.69) is 32.5 Å². The molecular formula is C20H25BrN5O+. The second-order valence-corrected chi connectivity index (χ2v) is 7.03. The van der Waals surface area contributed by atoms with Gasteiger partial charge in [0.05, 0.1) is 4.47 Å². The quantitative estimate of drug-likeness (QED) is 0.430. The first-order valence-corrected chi connectivity index (χ1v) is 9.25. The summed E-state index contributed by atoms with van der Waals surface area (Å²) >= 11 is 3.44. The average molecular weight is 431 g/mol. The van der Waals surface area contributed by atoms with Gasteiger partial charge in [-0.2, -0.15) is 0 Å². The summed E-state index contributed by atoms with van der Waals surface area (Å²) in [6, 6.07) is 11.2. The molecule has 0 amide bonds. The van der Waals surface area contributed by atoms with Gasteiger partial charge >= 0.3 is 5.84 Å². The molecule has 0 saturated carbocycles. The first-order chi connectivity index (χ1) is 12.8. The molecule has 0 aliphatic heterocycles. The molecule has 2 aromatic carbocycles. The molecule has 7 heteroatoms. The second-order valence-electron chi connectivity index (χ2n) is 6.18. The van der Waals surface area contributed by atoms with Crippen LogP contribution in [0.25, 0.3) is 5.70 Å². The van der Waals surface area contributed by atoms with Gasteiger partial charge in [-0.05, 0) is 46.1 Å². The third kappa shape index (κ3) is 4.68. The van der Waals surface area contributed by atoms with Crippen molar-refractivity contribution in [2.24, 2.45) is 16.5 Å². The number of halogens is 1. The third-order valence-corrected chi connectivity index (χ3v) is 4.80. The monoisotopic (exact) mass is 430 g/mol. The SMILES string of the molecule is C=C(c1c(CC)ccc(N=C(N)C(N)=[NH+]c2ccccc2Br)c1O)N(C)C. The Morgan fingerprint density at radius 2 is 1.89 bits per heavy atom. The number of hydrogen-bond donors (Lipinski definition) is 4. The van der Waals surface area contributed by atoms with Crippen LogP contribution in [0.5, 0.6) is 5.75 Å². The predicted molar refractivity (Wildman–Crippen MR) is 115 cm³/mol. The fourth-order valence-corrected chi connectivity index (χ4v) is 2.90. The molecule has 0 atom stereocenters. The number of rotatable bonds is 5. The van der Waals surface area contributed by atoms with Gasteiger partial charge in [-0.15, -0.1) is 0 Å². The van der Waals surface area contributed by atoms with Crippen molar-refractivity contribution in [1.82, 2.24) is 4.90 Å². The normalized spacial score (nSPS) is 12.1. The third-order valence-electron chi connectivity index (χ3n) is 4.11. The first kappa shape index (κ1) is 20.5. The van der Waals surface area contributed by atoms with Crippen LogP contribution in [0.4, 0.5) is 11.4 Å². The molecule has 0 heterocycles. The number of amidine groups is 2. The Morgan fingerprint density at radius 1 is 1.22 bits per heavy atom. The fourth-order valence-electron chi connectivity index (χ4n) is 2.51. The Bertz CT molecular complexity index is 919. The molecule has 0 unspecified atom stereocenters. The molecule has 0 radical (unpaired) electrons. The minimum absolute atomic E-state index is 0.0321. The van der Waals surface area contributed by atoms with Crippen molar-refractivity contribution in [3.63, 3.8) is 0 Å². The summed E-state index contributed by atoms with van der Waals surface area (Å²) in [4.78, 5) is 9.17. The molecule has 6 N–H and O–H groups in total. The van der Waals surface area contributed by atoms with Gasteiger partial charge < -0.3 is 15.7 Å². The molecule has 0 aliphatic carbocycles. The summed E-state index contributed by atoms with van der Waals surface area (Å²) in [5.41, 5.74) is 15.5. The topological polar surface area (TPSA) is 102 Å². The van der Waals surface area contributed by atoms with E-state index >= 15 is 0 Å². The Morgan fingerprint density at radius 3 is 2.48 bits per heavy atom. The van der Waals surface area contributed by atoms with Crippen LogP contribution in [0.1, 0.15) is 18.1 Å². The Labute approximate surface area is 168 Å². The van der Waals surface area contributed by atoms with Crippen molar-refractivity contribution < 1.29 is 10.1 Å². The van der Waals surface area contributed by atoms with Gasteiger partial charge in [0.25, 0.3) is 0 Å². The maximum absolute atomic E-state index is 10.8. The zero-order chi connectivity index (χ0) is 20.1. The van der Waals surface area contributed by atoms with Crippen molar-refractivity contribution >= 4 is 44.7 Å². The summed E-state index contributed by atoms with van der Waals surface area (Å²) in [5.74, 6) is 0.297. The molecule has 27 heavy (non-hydrogen) atoms. The van der Waals surface area contributed by atoms with Crippen LogP contribution in [-0.4, -0.2) is 35.8 Å². The van der Waals surface area contributed by atoms with Crippen molar-refractivity contribution in [2.45, 2.75) is 13.3 Å². The minimum Gasteiger partial charge on any atom is -0.505 e. The van der Waals surface area contributed by atoms with E-state index in [1.54, 1.807) is 6.07 Å². The molecule has 142 valence electrons. The van der Waals surface area contributed by atoms with Gasteiger partial charge in [0.15, 0.2) is 5.75 Å². The average Bonchev–Trinajstić information content (AvgIpc) is 2.64. The van der Waals surface area contributed by atoms with E-state index in [1.807, 2.05) is 56.3 Å². The number of nitrogens with two attached hydrogens (primary N) is 2. The highest BCUT2D eigenvalue weighted by atomic mass is 79.9. The van der Waals surface area contributed by atoms with Gasteiger partial charge in [0.1, 0.15) is 11.4 Å². The standard InChI is InChI=1S/C20H24BrN5O/c1-5-13-10-11-16(18(27)17(13)12(2)26(3)4)25-20(23)19(22)24-15-9-7-6-8-14(15)21/h6-11,27H,2,5H2,1,3-4H3,(H2,22,24)(H2,23,25)/p+1. The molecule has 0 aliphatic rings. The number of nitrogens with one attached hydrogen (secondary N) is 1. The first-order valence-electron chi connectivity index (χ1n) is 8.46. The summed E-state index contributed by atoms with van der Waals surface area (Å²) in [7, 11) is 3.75. The maximum Gasteiger partial charge on any atom is 0.313 e. The van der Waals surface area contributed by atoms with E-state index in [9.17, 15) is 5.11 Å². The Hall–Kier alpha value is -2.80. The number of aryl methyl sites for hydroxylation is 1. The van der Waals surface area contributed by atoms with Crippen LogP contribution in [-0.2, 0) is 6.42 Å². The van der Waals surface area contributed by atoms with Crippen LogP contribution in [0, 0.1) is 0 Å². The lowest BCUT2D eigenvalue weighted by Crippen LogP contribution is -2.72. The molecule has 2 rings (SSSR count). The summed E-state index contributed by atoms with van der Waals surface area (Å²) < 4.78 is 0.848. The largest absolute Gasteiger partial charge is 0.505 e. The van der Waals surface area contributed by atoms with E-state index in [4.69, 9.17) is 11.5 Å². The number of aromatic hydroxyl groups is 1. The fraction of sp³-hybridized carbons (Fsp3) is 0.200. The Kier molecular flexibility index (Phi) is 6.63. The number of para-hydroxylation sites is 1. The summed E-state index contributed by atoms with van der Waals surface area (Å²) in [5, 5.41) is 10.8. The molecule has 6 nitrogen and oxygen atoms in total. The summed E-state index contributed by atoms with van der Waals surface area (Å²) in [6.45, 7) is 6.07. The lowest BCUT2D eigenvalue weighted by molar-refractivity contribution is -0.353. The minimum atomic E-state index is 0.0321. The van der Waals surface area contributed by atoms with Crippen molar-refractivity contribution in [3.8, 4) is 5.75 Å². The van der Waals surface area contributed by atoms with Crippen LogP contribution in [0.3, 0.4) is 0 Å². The number of aliphatic imine (C=N–C) groups is 1. The van der Waals surface area contributed by atoms with Crippen molar-refractivity contribution in [2.75, 3.05) is 14.1 Å².